The summed E-state index contributed by atoms with van der Waals surface area (Å²) >= 11 is 0. The molecule has 9 heteroatoms. The van der Waals surface area contributed by atoms with Crippen LogP contribution in [0.15, 0.2) is 18.5 Å². The van der Waals surface area contributed by atoms with Crippen LogP contribution < -0.4 is 10.2 Å². The van der Waals surface area contributed by atoms with Crippen LogP contribution in [0.5, 0.6) is 0 Å². The zero-order chi connectivity index (χ0) is 18.0. The minimum absolute atomic E-state index is 0.125. The molecule has 1 aliphatic heterocycles. The van der Waals surface area contributed by atoms with Crippen molar-refractivity contribution in [1.82, 2.24) is 24.8 Å². The fraction of sp³-hybridized carbons (Fsp3) is 0.500. The van der Waals surface area contributed by atoms with Gasteiger partial charge in [0.05, 0.1) is 12.3 Å². The van der Waals surface area contributed by atoms with Crippen molar-refractivity contribution in [3.63, 3.8) is 0 Å². The molecular formula is C16H22N6O3. The lowest BCUT2D eigenvalue weighted by Crippen LogP contribution is -2.49. The fourth-order valence-corrected chi connectivity index (χ4v) is 2.72. The quantitative estimate of drug-likeness (QED) is 0.882. The summed E-state index contributed by atoms with van der Waals surface area (Å²) in [5.41, 5.74) is 0.946. The average Bonchev–Trinajstić information content (AvgIpc) is 3.03. The minimum atomic E-state index is -0.282. The molecule has 0 unspecified atom stereocenters. The van der Waals surface area contributed by atoms with Gasteiger partial charge < -0.3 is 19.9 Å². The molecule has 0 bridgehead atoms. The van der Waals surface area contributed by atoms with Crippen molar-refractivity contribution >= 4 is 23.5 Å². The molecule has 0 aliphatic carbocycles. The number of amides is 2. The zero-order valence-electron chi connectivity index (χ0n) is 14.6. The maximum absolute atomic E-state index is 12.0. The van der Waals surface area contributed by atoms with Crippen LogP contribution in [0.25, 0.3) is 5.65 Å². The standard InChI is InChI=1S/C16H22N6O3/c1-11(2)25-16(24)21-8-6-20(7-9-21)13-4-5-22-14(19-13)12(10-18-22)15(23)17-3/h4-5,10-11H,6-9H2,1-3H3,(H,17,23). The van der Waals surface area contributed by atoms with E-state index in [9.17, 15) is 9.59 Å². The highest BCUT2D eigenvalue weighted by Crippen LogP contribution is 2.17. The van der Waals surface area contributed by atoms with E-state index in [4.69, 9.17) is 4.74 Å². The molecule has 2 aromatic rings. The fourth-order valence-electron chi connectivity index (χ4n) is 2.72. The second-order valence-corrected chi connectivity index (χ2v) is 6.10. The molecule has 1 aliphatic rings. The Hall–Kier alpha value is -2.84. The molecule has 3 heterocycles. The van der Waals surface area contributed by atoms with Crippen molar-refractivity contribution in [3.05, 3.63) is 24.0 Å². The minimum Gasteiger partial charge on any atom is -0.447 e. The van der Waals surface area contributed by atoms with E-state index in [0.717, 1.165) is 5.82 Å². The topological polar surface area (TPSA) is 92.1 Å². The summed E-state index contributed by atoms with van der Waals surface area (Å²) < 4.78 is 6.80. The summed E-state index contributed by atoms with van der Waals surface area (Å²) in [4.78, 5) is 32.2. The van der Waals surface area contributed by atoms with E-state index in [1.807, 2.05) is 19.9 Å². The number of hydrogen-bond donors (Lipinski definition) is 1. The van der Waals surface area contributed by atoms with Crippen LogP contribution in [-0.2, 0) is 4.74 Å². The normalized spacial score (nSPS) is 14.9. The van der Waals surface area contributed by atoms with Crippen molar-refractivity contribution in [2.24, 2.45) is 0 Å². The lowest BCUT2D eigenvalue weighted by atomic mass is 10.3. The van der Waals surface area contributed by atoms with Gasteiger partial charge in [0.15, 0.2) is 5.65 Å². The number of nitrogens with one attached hydrogen (secondary N) is 1. The molecule has 0 radical (unpaired) electrons. The number of carbonyl (C=O) groups excluding carboxylic acids is 2. The van der Waals surface area contributed by atoms with E-state index in [0.29, 0.717) is 37.4 Å². The third-order valence-corrected chi connectivity index (χ3v) is 4.02. The van der Waals surface area contributed by atoms with Crippen LogP contribution in [0.3, 0.4) is 0 Å². The number of aromatic nitrogens is 3. The first kappa shape index (κ1) is 17.0. The van der Waals surface area contributed by atoms with E-state index in [1.165, 1.54) is 6.20 Å². The van der Waals surface area contributed by atoms with Gasteiger partial charge in [-0.3, -0.25) is 4.79 Å². The predicted molar refractivity (Wildman–Crippen MR) is 91.8 cm³/mol. The van der Waals surface area contributed by atoms with Gasteiger partial charge in [-0.15, -0.1) is 0 Å². The molecule has 1 saturated heterocycles. The van der Waals surface area contributed by atoms with Gasteiger partial charge in [0.1, 0.15) is 11.4 Å². The van der Waals surface area contributed by atoms with Crippen LogP contribution in [0, 0.1) is 0 Å². The van der Waals surface area contributed by atoms with Crippen molar-refractivity contribution in [2.45, 2.75) is 20.0 Å². The van der Waals surface area contributed by atoms with Crippen LogP contribution in [-0.4, -0.2) is 70.8 Å². The summed E-state index contributed by atoms with van der Waals surface area (Å²) in [6.07, 6.45) is 2.88. The van der Waals surface area contributed by atoms with Crippen molar-refractivity contribution in [1.29, 1.82) is 0 Å². The van der Waals surface area contributed by atoms with Gasteiger partial charge in [-0.2, -0.15) is 5.10 Å². The van der Waals surface area contributed by atoms with Gasteiger partial charge in [-0.25, -0.2) is 14.3 Å². The first-order valence-corrected chi connectivity index (χ1v) is 8.26. The Morgan fingerprint density at radius 1 is 1.24 bits per heavy atom. The Balaban J connectivity index is 1.73. The molecule has 0 aromatic carbocycles. The summed E-state index contributed by atoms with van der Waals surface area (Å²) in [5.74, 6) is 0.538. The van der Waals surface area contributed by atoms with Gasteiger partial charge in [0.25, 0.3) is 5.91 Å². The Bertz CT molecular complexity index is 779. The lowest BCUT2D eigenvalue weighted by Gasteiger charge is -2.35. The highest BCUT2D eigenvalue weighted by molar-refractivity contribution is 5.99. The predicted octanol–water partition coefficient (Wildman–Crippen LogP) is 0.756. The van der Waals surface area contributed by atoms with Gasteiger partial charge >= 0.3 is 6.09 Å². The van der Waals surface area contributed by atoms with E-state index >= 15 is 0 Å². The molecule has 134 valence electrons. The highest BCUT2D eigenvalue weighted by atomic mass is 16.6. The van der Waals surface area contributed by atoms with E-state index in [1.54, 1.807) is 22.7 Å². The van der Waals surface area contributed by atoms with Crippen LogP contribution in [0.1, 0.15) is 24.2 Å². The second kappa shape index (κ2) is 6.96. The van der Waals surface area contributed by atoms with E-state index < -0.39 is 0 Å². The van der Waals surface area contributed by atoms with E-state index in [-0.39, 0.29) is 18.1 Å². The number of fused-ring (bicyclic) bond motifs is 1. The Kier molecular flexibility index (Phi) is 4.73. The van der Waals surface area contributed by atoms with Gasteiger partial charge in [-0.05, 0) is 19.9 Å². The molecule has 0 atom stereocenters. The largest absolute Gasteiger partial charge is 0.447 e. The number of hydrogen-bond acceptors (Lipinski definition) is 6. The summed E-state index contributed by atoms with van der Waals surface area (Å²) in [6.45, 7) is 6.12. The molecule has 0 saturated carbocycles. The summed E-state index contributed by atoms with van der Waals surface area (Å²) in [6, 6.07) is 1.86. The first-order chi connectivity index (χ1) is 12.0. The molecule has 9 nitrogen and oxygen atoms in total. The Morgan fingerprint density at radius 3 is 2.60 bits per heavy atom. The number of carbonyl (C=O) groups is 2. The molecule has 0 spiro atoms. The van der Waals surface area contributed by atoms with E-state index in [2.05, 4.69) is 20.3 Å². The Morgan fingerprint density at radius 2 is 1.96 bits per heavy atom. The molecule has 1 fully saturated rings. The lowest BCUT2D eigenvalue weighted by molar-refractivity contribution is 0.0750. The van der Waals surface area contributed by atoms with Gasteiger partial charge in [-0.1, -0.05) is 0 Å². The first-order valence-electron chi connectivity index (χ1n) is 8.26. The third kappa shape index (κ3) is 3.49. The molecular weight excluding hydrogens is 324 g/mol. The van der Waals surface area contributed by atoms with Crippen LogP contribution >= 0.6 is 0 Å². The maximum Gasteiger partial charge on any atom is 0.410 e. The summed E-state index contributed by atoms with van der Waals surface area (Å²) in [5, 5.41) is 6.73. The van der Waals surface area contributed by atoms with Crippen LogP contribution in [0.2, 0.25) is 0 Å². The number of piperazine rings is 1. The molecule has 1 N–H and O–H groups in total. The second-order valence-electron chi connectivity index (χ2n) is 6.10. The van der Waals surface area contributed by atoms with Crippen molar-refractivity contribution in [2.75, 3.05) is 38.1 Å². The van der Waals surface area contributed by atoms with Gasteiger partial charge in [0.2, 0.25) is 0 Å². The maximum atomic E-state index is 12.0. The number of anilines is 1. The molecule has 2 amide bonds. The SMILES string of the molecule is CNC(=O)c1cnn2ccc(N3CCN(C(=O)OC(C)C)CC3)nc12. The highest BCUT2D eigenvalue weighted by Gasteiger charge is 2.24. The smallest absolute Gasteiger partial charge is 0.410 e. The number of rotatable bonds is 3. The average molecular weight is 346 g/mol. The van der Waals surface area contributed by atoms with Gasteiger partial charge in [0, 0.05) is 39.4 Å². The molecule has 25 heavy (non-hydrogen) atoms. The molecule has 3 rings (SSSR count). The monoisotopic (exact) mass is 346 g/mol. The van der Waals surface area contributed by atoms with Crippen molar-refractivity contribution in [3.8, 4) is 0 Å². The molecule has 2 aromatic heterocycles. The van der Waals surface area contributed by atoms with Crippen molar-refractivity contribution < 1.29 is 14.3 Å². The van der Waals surface area contributed by atoms with Crippen LogP contribution in [0.4, 0.5) is 10.6 Å². The Labute approximate surface area is 145 Å². The summed E-state index contributed by atoms with van der Waals surface area (Å²) in [7, 11) is 1.57. The number of ether oxygens (including phenoxy) is 1. The number of nitrogens with zero attached hydrogens (tertiary/aromatic N) is 5. The third-order valence-electron chi connectivity index (χ3n) is 4.02. The zero-order valence-corrected chi connectivity index (χ0v) is 14.6.